The van der Waals surface area contributed by atoms with Gasteiger partial charge in [-0.15, -0.1) is 0 Å². The second-order valence-electron chi connectivity index (χ2n) is 6.36. The van der Waals surface area contributed by atoms with Crippen LogP contribution in [0.25, 0.3) is 5.65 Å². The molecule has 0 N–H and O–H groups in total. The third-order valence-electron chi connectivity index (χ3n) is 4.80. The first kappa shape index (κ1) is 15.3. The number of nitrogens with zero attached hydrogens (tertiary/aromatic N) is 6. The molecule has 0 radical (unpaired) electrons. The highest BCUT2D eigenvalue weighted by Crippen LogP contribution is 2.19. The average Bonchev–Trinajstić information content (AvgIpc) is 3.11. The maximum absolute atomic E-state index is 12.5. The lowest BCUT2D eigenvalue weighted by molar-refractivity contribution is -0.135. The number of rotatable bonds is 3. The van der Waals surface area contributed by atoms with Gasteiger partial charge in [0.1, 0.15) is 6.33 Å². The normalized spacial score (nSPS) is 22.1. The van der Waals surface area contributed by atoms with Gasteiger partial charge in [-0.25, -0.2) is 4.98 Å². The second kappa shape index (κ2) is 6.72. The molecule has 2 aromatic rings. The van der Waals surface area contributed by atoms with Crippen molar-refractivity contribution in [1.82, 2.24) is 24.5 Å². The van der Waals surface area contributed by atoms with E-state index in [1.807, 2.05) is 4.90 Å². The van der Waals surface area contributed by atoms with E-state index in [0.717, 1.165) is 57.1 Å². The summed E-state index contributed by atoms with van der Waals surface area (Å²) in [5.41, 5.74) is 0.737. The minimum atomic E-state index is 0.109. The summed E-state index contributed by atoms with van der Waals surface area (Å²) < 4.78 is 7.48. The Bertz CT molecular complexity index is 703. The van der Waals surface area contributed by atoms with E-state index >= 15 is 0 Å². The van der Waals surface area contributed by atoms with E-state index < -0.39 is 0 Å². The van der Waals surface area contributed by atoms with E-state index in [2.05, 4.69) is 20.0 Å². The second-order valence-corrected chi connectivity index (χ2v) is 6.36. The Kier molecular flexibility index (Phi) is 4.29. The molecule has 0 saturated carbocycles. The fourth-order valence-corrected chi connectivity index (χ4v) is 3.43. The molecule has 4 rings (SSSR count). The Morgan fingerprint density at radius 1 is 1.21 bits per heavy atom. The Hall–Kier alpha value is -2.22. The molecule has 2 aromatic heterocycles. The van der Waals surface area contributed by atoms with Crippen LogP contribution in [-0.2, 0) is 9.53 Å². The average molecular weight is 330 g/mol. The molecule has 1 amide bonds. The highest BCUT2D eigenvalue weighted by Gasteiger charge is 2.26. The largest absolute Gasteiger partial charge is 0.378 e. The summed E-state index contributed by atoms with van der Waals surface area (Å²) in [5.74, 6) is 1.13. The summed E-state index contributed by atoms with van der Waals surface area (Å²) in [6.45, 7) is 3.78. The molecule has 2 aliphatic heterocycles. The van der Waals surface area contributed by atoms with Crippen LogP contribution in [0.3, 0.4) is 0 Å². The SMILES string of the molecule is O=C(C[C@H]1CCCCO1)N1CCN(c2cncc3ncnn23)CC1. The summed E-state index contributed by atoms with van der Waals surface area (Å²) >= 11 is 0. The molecule has 8 nitrogen and oxygen atoms in total. The first-order chi connectivity index (χ1) is 11.8. The third-order valence-corrected chi connectivity index (χ3v) is 4.80. The van der Waals surface area contributed by atoms with Crippen LogP contribution in [0.1, 0.15) is 25.7 Å². The van der Waals surface area contributed by atoms with Crippen molar-refractivity contribution in [2.24, 2.45) is 0 Å². The molecule has 0 bridgehead atoms. The Labute approximate surface area is 140 Å². The van der Waals surface area contributed by atoms with Gasteiger partial charge < -0.3 is 14.5 Å². The van der Waals surface area contributed by atoms with Gasteiger partial charge in [0, 0.05) is 32.8 Å². The van der Waals surface area contributed by atoms with Gasteiger partial charge in [0.15, 0.2) is 11.5 Å². The minimum absolute atomic E-state index is 0.109. The lowest BCUT2D eigenvalue weighted by atomic mass is 10.1. The van der Waals surface area contributed by atoms with Crippen LogP contribution < -0.4 is 4.90 Å². The van der Waals surface area contributed by atoms with E-state index in [0.29, 0.717) is 6.42 Å². The zero-order valence-corrected chi connectivity index (χ0v) is 13.7. The van der Waals surface area contributed by atoms with Crippen molar-refractivity contribution in [3.05, 3.63) is 18.7 Å². The molecule has 2 fully saturated rings. The number of fused-ring (bicyclic) bond motifs is 1. The number of hydrogen-bond acceptors (Lipinski definition) is 6. The molecule has 4 heterocycles. The Morgan fingerprint density at radius 2 is 2.08 bits per heavy atom. The maximum atomic E-state index is 12.5. The molecule has 2 aliphatic rings. The lowest BCUT2D eigenvalue weighted by Crippen LogP contribution is -2.50. The van der Waals surface area contributed by atoms with E-state index in [1.165, 1.54) is 12.7 Å². The van der Waals surface area contributed by atoms with Crippen LogP contribution in [0, 0.1) is 0 Å². The molecule has 0 aliphatic carbocycles. The highest BCUT2D eigenvalue weighted by atomic mass is 16.5. The van der Waals surface area contributed by atoms with Crippen LogP contribution >= 0.6 is 0 Å². The van der Waals surface area contributed by atoms with Crippen molar-refractivity contribution < 1.29 is 9.53 Å². The number of anilines is 1. The number of ether oxygens (including phenoxy) is 1. The number of amides is 1. The number of carbonyl (C=O) groups excluding carboxylic acids is 1. The van der Waals surface area contributed by atoms with Gasteiger partial charge >= 0.3 is 0 Å². The molecule has 8 heteroatoms. The smallest absolute Gasteiger partial charge is 0.225 e. The van der Waals surface area contributed by atoms with Gasteiger partial charge in [0.25, 0.3) is 0 Å². The minimum Gasteiger partial charge on any atom is -0.378 e. The van der Waals surface area contributed by atoms with E-state index in [-0.39, 0.29) is 12.0 Å². The van der Waals surface area contributed by atoms with Gasteiger partial charge in [0.2, 0.25) is 5.91 Å². The Balaban J connectivity index is 1.36. The van der Waals surface area contributed by atoms with Gasteiger partial charge in [-0.2, -0.15) is 9.61 Å². The molecular weight excluding hydrogens is 308 g/mol. The number of aromatic nitrogens is 4. The van der Waals surface area contributed by atoms with Crippen LogP contribution in [-0.4, -0.2) is 69.3 Å². The first-order valence-corrected chi connectivity index (χ1v) is 8.59. The first-order valence-electron chi connectivity index (χ1n) is 8.59. The summed E-state index contributed by atoms with van der Waals surface area (Å²) in [6, 6.07) is 0. The van der Waals surface area contributed by atoms with E-state index in [9.17, 15) is 4.79 Å². The van der Waals surface area contributed by atoms with E-state index in [1.54, 1.807) is 16.9 Å². The Morgan fingerprint density at radius 3 is 2.88 bits per heavy atom. The number of carbonyl (C=O) groups is 1. The van der Waals surface area contributed by atoms with Crippen molar-refractivity contribution in [2.75, 3.05) is 37.7 Å². The quantitative estimate of drug-likeness (QED) is 0.826. The van der Waals surface area contributed by atoms with Gasteiger partial charge in [-0.1, -0.05) is 0 Å². The third kappa shape index (κ3) is 3.06. The predicted octanol–water partition coefficient (Wildman–Crippen LogP) is 0.732. The van der Waals surface area contributed by atoms with Crippen molar-refractivity contribution >= 4 is 17.4 Å². The zero-order valence-electron chi connectivity index (χ0n) is 13.7. The van der Waals surface area contributed by atoms with Crippen LogP contribution in [0.15, 0.2) is 18.7 Å². The monoisotopic (exact) mass is 330 g/mol. The summed E-state index contributed by atoms with van der Waals surface area (Å²) in [7, 11) is 0. The topological polar surface area (TPSA) is 75.9 Å². The van der Waals surface area contributed by atoms with Crippen molar-refractivity contribution in [2.45, 2.75) is 31.8 Å². The number of hydrogen-bond donors (Lipinski definition) is 0. The number of piperazine rings is 1. The van der Waals surface area contributed by atoms with Gasteiger partial charge in [-0.05, 0) is 19.3 Å². The van der Waals surface area contributed by atoms with Crippen LogP contribution in [0.4, 0.5) is 5.82 Å². The fourth-order valence-electron chi connectivity index (χ4n) is 3.43. The summed E-state index contributed by atoms with van der Waals surface area (Å²) in [6.07, 6.45) is 8.94. The highest BCUT2D eigenvalue weighted by molar-refractivity contribution is 5.77. The summed E-state index contributed by atoms with van der Waals surface area (Å²) in [5, 5.41) is 4.25. The van der Waals surface area contributed by atoms with E-state index in [4.69, 9.17) is 4.74 Å². The van der Waals surface area contributed by atoms with Gasteiger partial charge in [-0.3, -0.25) is 9.78 Å². The van der Waals surface area contributed by atoms with Crippen molar-refractivity contribution in [1.29, 1.82) is 0 Å². The zero-order chi connectivity index (χ0) is 16.4. The van der Waals surface area contributed by atoms with Crippen LogP contribution in [0.5, 0.6) is 0 Å². The van der Waals surface area contributed by atoms with Gasteiger partial charge in [0.05, 0.1) is 24.9 Å². The molecule has 0 unspecified atom stereocenters. The lowest BCUT2D eigenvalue weighted by Gasteiger charge is -2.36. The molecule has 128 valence electrons. The predicted molar refractivity (Wildman–Crippen MR) is 87.8 cm³/mol. The fraction of sp³-hybridized carbons (Fsp3) is 0.625. The molecule has 0 spiro atoms. The summed E-state index contributed by atoms with van der Waals surface area (Å²) in [4.78, 5) is 25.0. The molecule has 2 saturated heterocycles. The van der Waals surface area contributed by atoms with Crippen molar-refractivity contribution in [3.8, 4) is 0 Å². The molecule has 1 atom stereocenters. The molecule has 24 heavy (non-hydrogen) atoms. The maximum Gasteiger partial charge on any atom is 0.225 e. The van der Waals surface area contributed by atoms with Crippen molar-refractivity contribution in [3.63, 3.8) is 0 Å². The molecular formula is C16H22N6O2. The standard InChI is InChI=1S/C16H22N6O2/c23-16(9-13-3-1-2-8-24-13)21-6-4-20(5-7-21)15-11-17-10-14-18-12-19-22(14)15/h10-13H,1-9H2/t13-/m1/s1. The van der Waals surface area contributed by atoms with Crippen LogP contribution in [0.2, 0.25) is 0 Å². The molecule has 0 aromatic carbocycles.